The average Bonchev–Trinajstić information content (AvgIpc) is 2.33. The molecule has 0 bridgehead atoms. The second-order valence-corrected chi connectivity index (χ2v) is 6.77. The van der Waals surface area contributed by atoms with Gasteiger partial charge in [-0.3, -0.25) is 4.90 Å². The van der Waals surface area contributed by atoms with Gasteiger partial charge in [0.2, 0.25) is 0 Å². The monoisotopic (exact) mass is 276 g/mol. The number of hydrogen-bond acceptors (Lipinski definition) is 2. The fourth-order valence-corrected chi connectivity index (χ4v) is 2.64. The van der Waals surface area contributed by atoms with E-state index in [4.69, 9.17) is 0 Å². The lowest BCUT2D eigenvalue weighted by atomic mass is 10.0. The summed E-state index contributed by atoms with van der Waals surface area (Å²) in [5.74, 6) is 1.37. The molecule has 20 heavy (non-hydrogen) atoms. The molecule has 114 valence electrons. The van der Waals surface area contributed by atoms with Gasteiger partial charge in [-0.25, -0.2) is 0 Å². The Morgan fingerprint density at radius 2 is 1.80 bits per heavy atom. The van der Waals surface area contributed by atoms with Gasteiger partial charge in [-0.1, -0.05) is 57.5 Å². The summed E-state index contributed by atoms with van der Waals surface area (Å²) in [5, 5.41) is 3.60. The highest BCUT2D eigenvalue weighted by molar-refractivity contribution is 5.22. The Labute approximate surface area is 125 Å². The van der Waals surface area contributed by atoms with Crippen LogP contribution in [0.2, 0.25) is 0 Å². The molecule has 0 saturated carbocycles. The molecule has 0 aromatic heterocycles. The summed E-state index contributed by atoms with van der Waals surface area (Å²) < 4.78 is 0. The third-order valence-electron chi connectivity index (χ3n) is 3.76. The molecule has 1 aromatic carbocycles. The van der Waals surface area contributed by atoms with E-state index in [1.807, 2.05) is 0 Å². The molecular weight excluding hydrogens is 244 g/mol. The molecule has 0 aliphatic carbocycles. The maximum Gasteiger partial charge on any atom is 0.0244 e. The van der Waals surface area contributed by atoms with Crippen LogP contribution in [0.3, 0.4) is 0 Å². The zero-order chi connectivity index (χ0) is 15.1. The molecule has 1 aromatic rings. The normalized spacial score (nSPS) is 13.4. The van der Waals surface area contributed by atoms with E-state index in [1.165, 1.54) is 11.1 Å². The number of likely N-dealkylation sites (N-methyl/N-ethyl adjacent to an activating group) is 1. The van der Waals surface area contributed by atoms with Crippen molar-refractivity contribution in [2.24, 2.45) is 11.8 Å². The lowest BCUT2D eigenvalue weighted by Crippen LogP contribution is -2.43. The smallest absolute Gasteiger partial charge is 0.0244 e. The fraction of sp³-hybridized carbons (Fsp3) is 0.667. The molecule has 0 amide bonds. The molecule has 2 nitrogen and oxygen atoms in total. The quantitative estimate of drug-likeness (QED) is 0.779. The first-order chi connectivity index (χ1) is 9.40. The maximum atomic E-state index is 3.60. The van der Waals surface area contributed by atoms with Gasteiger partial charge in [0.25, 0.3) is 0 Å². The van der Waals surface area contributed by atoms with E-state index in [9.17, 15) is 0 Å². The predicted octanol–water partition coefficient (Wildman–Crippen LogP) is 3.70. The van der Waals surface area contributed by atoms with Crippen molar-refractivity contribution in [3.05, 3.63) is 35.4 Å². The Morgan fingerprint density at radius 1 is 1.10 bits per heavy atom. The zero-order valence-corrected chi connectivity index (χ0v) is 14.1. The number of benzene rings is 1. The van der Waals surface area contributed by atoms with Gasteiger partial charge in [0.1, 0.15) is 0 Å². The summed E-state index contributed by atoms with van der Waals surface area (Å²) in [6.07, 6.45) is 0. The first-order valence-electron chi connectivity index (χ1n) is 7.86. The number of rotatable bonds is 8. The highest BCUT2D eigenvalue weighted by Gasteiger charge is 2.18. The Hall–Kier alpha value is -0.860. The van der Waals surface area contributed by atoms with Gasteiger partial charge in [-0.15, -0.1) is 0 Å². The third-order valence-corrected chi connectivity index (χ3v) is 3.76. The lowest BCUT2D eigenvalue weighted by Gasteiger charge is -2.32. The first kappa shape index (κ1) is 17.2. The minimum atomic E-state index is 0.578. The van der Waals surface area contributed by atoms with Crippen molar-refractivity contribution in [3.8, 4) is 0 Å². The van der Waals surface area contributed by atoms with Gasteiger partial charge in [0.05, 0.1) is 0 Å². The van der Waals surface area contributed by atoms with Crippen molar-refractivity contribution in [1.29, 1.82) is 0 Å². The summed E-state index contributed by atoms with van der Waals surface area (Å²) in [6, 6.07) is 9.40. The molecule has 1 atom stereocenters. The van der Waals surface area contributed by atoms with Crippen LogP contribution in [0.5, 0.6) is 0 Å². The van der Waals surface area contributed by atoms with Crippen molar-refractivity contribution < 1.29 is 0 Å². The topological polar surface area (TPSA) is 15.3 Å². The van der Waals surface area contributed by atoms with Gasteiger partial charge in [-0.05, 0) is 37.9 Å². The van der Waals surface area contributed by atoms with Gasteiger partial charge in [-0.2, -0.15) is 0 Å². The molecule has 0 radical (unpaired) electrons. The van der Waals surface area contributed by atoms with Crippen LogP contribution in [-0.2, 0) is 6.54 Å². The lowest BCUT2D eigenvalue weighted by molar-refractivity contribution is 0.178. The van der Waals surface area contributed by atoms with Crippen molar-refractivity contribution in [3.63, 3.8) is 0 Å². The van der Waals surface area contributed by atoms with Crippen molar-refractivity contribution >= 4 is 0 Å². The summed E-state index contributed by atoms with van der Waals surface area (Å²) >= 11 is 0. The third kappa shape index (κ3) is 6.06. The number of hydrogen-bond donors (Lipinski definition) is 1. The number of nitrogens with one attached hydrogen (secondary N) is 1. The van der Waals surface area contributed by atoms with E-state index in [0.717, 1.165) is 19.6 Å². The van der Waals surface area contributed by atoms with Crippen LogP contribution in [0.25, 0.3) is 0 Å². The Morgan fingerprint density at radius 3 is 2.35 bits per heavy atom. The fourth-order valence-electron chi connectivity index (χ4n) is 2.64. The summed E-state index contributed by atoms with van der Waals surface area (Å²) in [6.45, 7) is 14.5. The second kappa shape index (κ2) is 8.43. The highest BCUT2D eigenvalue weighted by Crippen LogP contribution is 2.13. The summed E-state index contributed by atoms with van der Waals surface area (Å²) in [7, 11) is 2.24. The van der Waals surface area contributed by atoms with E-state index in [2.05, 4.69) is 76.1 Å². The molecule has 1 unspecified atom stereocenters. The minimum Gasteiger partial charge on any atom is -0.315 e. The van der Waals surface area contributed by atoms with Crippen LogP contribution >= 0.6 is 0 Å². The van der Waals surface area contributed by atoms with E-state index in [1.54, 1.807) is 0 Å². The average molecular weight is 276 g/mol. The molecule has 0 aliphatic rings. The highest BCUT2D eigenvalue weighted by atomic mass is 15.1. The molecular formula is C18H32N2. The van der Waals surface area contributed by atoms with Crippen LogP contribution in [0.15, 0.2) is 24.3 Å². The minimum absolute atomic E-state index is 0.578. The van der Waals surface area contributed by atoms with Gasteiger partial charge < -0.3 is 5.32 Å². The van der Waals surface area contributed by atoms with E-state index >= 15 is 0 Å². The molecule has 2 heteroatoms. The Bertz CT molecular complexity index is 385. The Kier molecular flexibility index (Phi) is 7.25. The van der Waals surface area contributed by atoms with E-state index in [-0.39, 0.29) is 0 Å². The molecule has 0 heterocycles. The van der Waals surface area contributed by atoms with E-state index in [0.29, 0.717) is 17.9 Å². The van der Waals surface area contributed by atoms with Crippen LogP contribution in [-0.4, -0.2) is 31.1 Å². The number of nitrogens with zero attached hydrogens (tertiary/aromatic N) is 1. The standard InChI is InChI=1S/C18H32N2/c1-14(2)11-19-12-18(15(3)4)20(6)13-17-9-7-8-16(5)10-17/h7-10,14-15,18-19H,11-13H2,1-6H3. The van der Waals surface area contributed by atoms with Crippen LogP contribution in [0, 0.1) is 18.8 Å². The SMILES string of the molecule is Cc1cccc(CN(C)C(CNCC(C)C)C(C)C)c1. The molecule has 1 rings (SSSR count). The van der Waals surface area contributed by atoms with Crippen molar-refractivity contribution in [1.82, 2.24) is 10.2 Å². The zero-order valence-electron chi connectivity index (χ0n) is 14.1. The Balaban J connectivity index is 2.57. The number of aryl methyl sites for hydroxylation is 1. The van der Waals surface area contributed by atoms with Crippen LogP contribution in [0.4, 0.5) is 0 Å². The van der Waals surface area contributed by atoms with Crippen LogP contribution < -0.4 is 5.32 Å². The van der Waals surface area contributed by atoms with E-state index < -0.39 is 0 Å². The maximum absolute atomic E-state index is 3.60. The first-order valence-corrected chi connectivity index (χ1v) is 7.86. The van der Waals surface area contributed by atoms with Gasteiger partial charge in [0, 0.05) is 19.1 Å². The largest absolute Gasteiger partial charge is 0.315 e. The molecule has 1 N–H and O–H groups in total. The van der Waals surface area contributed by atoms with Crippen molar-refractivity contribution in [2.45, 2.75) is 47.2 Å². The van der Waals surface area contributed by atoms with Crippen molar-refractivity contribution in [2.75, 3.05) is 20.1 Å². The summed E-state index contributed by atoms with van der Waals surface area (Å²) in [4.78, 5) is 2.48. The predicted molar refractivity (Wildman–Crippen MR) is 89.0 cm³/mol. The van der Waals surface area contributed by atoms with Crippen LogP contribution in [0.1, 0.15) is 38.8 Å². The molecule has 0 aliphatic heterocycles. The summed E-state index contributed by atoms with van der Waals surface area (Å²) in [5.41, 5.74) is 2.75. The molecule has 0 saturated heterocycles. The van der Waals surface area contributed by atoms with Gasteiger partial charge >= 0.3 is 0 Å². The molecule has 0 fully saturated rings. The molecule has 0 spiro atoms. The van der Waals surface area contributed by atoms with Gasteiger partial charge in [0.15, 0.2) is 0 Å². The second-order valence-electron chi connectivity index (χ2n) is 6.77.